The maximum Gasteiger partial charge on any atom is 0.318 e. The summed E-state index contributed by atoms with van der Waals surface area (Å²) in [6.45, 7) is 3.88. The Labute approximate surface area is 121 Å². The van der Waals surface area contributed by atoms with Crippen molar-refractivity contribution in [3.8, 4) is 0 Å². The minimum Gasteiger partial charge on any atom is -0.336 e. The molecule has 3 nitrogen and oxygen atoms in total. The van der Waals surface area contributed by atoms with Gasteiger partial charge in [-0.2, -0.15) is 0 Å². The Bertz CT molecular complexity index is 463. The molecule has 0 radical (unpaired) electrons. The highest BCUT2D eigenvalue weighted by Gasteiger charge is 2.46. The average molecular weight is 272 g/mol. The molecule has 1 aliphatic heterocycles. The second-order valence-electron chi connectivity index (χ2n) is 6.22. The van der Waals surface area contributed by atoms with Crippen LogP contribution in [0.2, 0.25) is 0 Å². The Morgan fingerprint density at radius 1 is 1.25 bits per heavy atom. The largest absolute Gasteiger partial charge is 0.336 e. The fraction of sp³-hybridized carbons (Fsp3) is 0.588. The fourth-order valence-corrected chi connectivity index (χ4v) is 3.87. The summed E-state index contributed by atoms with van der Waals surface area (Å²) in [5.41, 5.74) is 1.56. The lowest BCUT2D eigenvalue weighted by molar-refractivity contribution is 0.112. The number of carbonyl (C=O) groups excluding carboxylic acids is 1. The second-order valence-corrected chi connectivity index (χ2v) is 6.22. The Morgan fingerprint density at radius 3 is 2.60 bits per heavy atom. The molecular formula is C17H24N2O. The highest BCUT2D eigenvalue weighted by atomic mass is 16.2. The molecule has 1 spiro atoms. The molecule has 1 aromatic rings. The van der Waals surface area contributed by atoms with Crippen molar-refractivity contribution in [2.45, 2.75) is 50.5 Å². The van der Waals surface area contributed by atoms with E-state index in [1.54, 1.807) is 0 Å². The normalized spacial score (nSPS) is 29.8. The zero-order valence-electron chi connectivity index (χ0n) is 12.3. The van der Waals surface area contributed by atoms with Crippen molar-refractivity contribution >= 4 is 6.03 Å². The van der Waals surface area contributed by atoms with Gasteiger partial charge in [0, 0.05) is 13.1 Å². The van der Waals surface area contributed by atoms with Gasteiger partial charge >= 0.3 is 6.03 Å². The summed E-state index contributed by atoms with van der Waals surface area (Å²) in [6.07, 6.45) is 5.69. The van der Waals surface area contributed by atoms with Crippen LogP contribution in [0.1, 0.15) is 50.5 Å². The van der Waals surface area contributed by atoms with Gasteiger partial charge in [-0.15, -0.1) is 0 Å². The standard InChI is InChI=1S/C17H24N2O/c1-2-12-19-16(20)18-13-17(19)10-8-15(9-11-17)14-6-4-3-5-7-14/h3-7,15H,2,8-13H2,1H3,(H,18,20). The molecule has 1 aromatic carbocycles. The van der Waals surface area contributed by atoms with Crippen LogP contribution in [0, 0.1) is 0 Å². The molecule has 1 saturated carbocycles. The van der Waals surface area contributed by atoms with Gasteiger partial charge in [0.15, 0.2) is 0 Å². The van der Waals surface area contributed by atoms with E-state index in [0.29, 0.717) is 5.92 Å². The molecule has 0 aromatic heterocycles. The van der Waals surface area contributed by atoms with Gasteiger partial charge in [0.1, 0.15) is 0 Å². The van der Waals surface area contributed by atoms with Crippen LogP contribution >= 0.6 is 0 Å². The number of carbonyl (C=O) groups is 1. The van der Waals surface area contributed by atoms with E-state index in [9.17, 15) is 4.79 Å². The van der Waals surface area contributed by atoms with Crippen LogP contribution in [-0.4, -0.2) is 29.6 Å². The van der Waals surface area contributed by atoms with Gasteiger partial charge in [-0.25, -0.2) is 4.79 Å². The molecule has 1 heterocycles. The monoisotopic (exact) mass is 272 g/mol. The van der Waals surface area contributed by atoms with E-state index in [1.165, 1.54) is 18.4 Å². The molecule has 20 heavy (non-hydrogen) atoms. The first-order chi connectivity index (χ1) is 9.75. The first-order valence-corrected chi connectivity index (χ1v) is 7.85. The van der Waals surface area contributed by atoms with Crippen LogP contribution < -0.4 is 5.32 Å². The summed E-state index contributed by atoms with van der Waals surface area (Å²) in [4.78, 5) is 14.1. The molecule has 0 unspecified atom stereocenters. The maximum absolute atomic E-state index is 12.0. The Hall–Kier alpha value is -1.51. The summed E-state index contributed by atoms with van der Waals surface area (Å²) in [5, 5.41) is 3.06. The number of nitrogens with one attached hydrogen (secondary N) is 1. The zero-order chi connectivity index (χ0) is 14.0. The van der Waals surface area contributed by atoms with Crippen molar-refractivity contribution in [3.05, 3.63) is 35.9 Å². The van der Waals surface area contributed by atoms with Gasteiger partial charge in [-0.1, -0.05) is 37.3 Å². The van der Waals surface area contributed by atoms with Crippen molar-refractivity contribution in [1.29, 1.82) is 0 Å². The van der Waals surface area contributed by atoms with Crippen LogP contribution in [0.15, 0.2) is 30.3 Å². The fourth-order valence-electron chi connectivity index (χ4n) is 3.87. The van der Waals surface area contributed by atoms with Crippen molar-refractivity contribution in [2.24, 2.45) is 0 Å². The van der Waals surface area contributed by atoms with E-state index in [1.807, 2.05) is 0 Å². The summed E-state index contributed by atoms with van der Waals surface area (Å²) in [7, 11) is 0. The quantitative estimate of drug-likeness (QED) is 0.897. The van der Waals surface area contributed by atoms with Crippen LogP contribution in [0.3, 0.4) is 0 Å². The van der Waals surface area contributed by atoms with Crippen LogP contribution in [0.5, 0.6) is 0 Å². The van der Waals surface area contributed by atoms with Gasteiger partial charge in [0.25, 0.3) is 0 Å². The van der Waals surface area contributed by atoms with E-state index in [2.05, 4.69) is 47.5 Å². The third kappa shape index (κ3) is 2.30. The molecule has 2 amide bonds. The maximum atomic E-state index is 12.0. The molecule has 1 N–H and O–H groups in total. The first kappa shape index (κ1) is 13.5. The number of hydrogen-bond donors (Lipinski definition) is 1. The van der Waals surface area contributed by atoms with E-state index in [-0.39, 0.29) is 11.6 Å². The second kappa shape index (κ2) is 5.47. The molecule has 108 valence electrons. The molecule has 1 saturated heterocycles. The SMILES string of the molecule is CCCN1C(=O)NCC12CCC(c1ccccc1)CC2. The van der Waals surface area contributed by atoms with Crippen molar-refractivity contribution in [2.75, 3.05) is 13.1 Å². The predicted molar refractivity (Wildman–Crippen MR) is 80.8 cm³/mol. The summed E-state index contributed by atoms with van der Waals surface area (Å²) < 4.78 is 0. The van der Waals surface area contributed by atoms with E-state index in [4.69, 9.17) is 0 Å². The number of amides is 2. The van der Waals surface area contributed by atoms with Gasteiger partial charge in [0.05, 0.1) is 5.54 Å². The van der Waals surface area contributed by atoms with Gasteiger partial charge < -0.3 is 10.2 Å². The minimum absolute atomic E-state index is 0.0956. The number of nitrogens with zero attached hydrogens (tertiary/aromatic N) is 1. The summed E-state index contributed by atoms with van der Waals surface area (Å²) >= 11 is 0. The molecule has 1 aliphatic carbocycles. The molecule has 0 bridgehead atoms. The van der Waals surface area contributed by atoms with E-state index >= 15 is 0 Å². The molecule has 2 fully saturated rings. The Balaban J connectivity index is 1.70. The average Bonchev–Trinajstić information content (AvgIpc) is 2.79. The molecule has 3 rings (SSSR count). The van der Waals surface area contributed by atoms with Gasteiger partial charge in [-0.05, 0) is 43.6 Å². The third-order valence-corrected chi connectivity index (χ3v) is 5.02. The lowest BCUT2D eigenvalue weighted by Gasteiger charge is -2.42. The van der Waals surface area contributed by atoms with Crippen molar-refractivity contribution in [3.63, 3.8) is 0 Å². The highest BCUT2D eigenvalue weighted by molar-refractivity contribution is 5.78. The lowest BCUT2D eigenvalue weighted by atomic mass is 9.74. The third-order valence-electron chi connectivity index (χ3n) is 5.02. The van der Waals surface area contributed by atoms with Crippen molar-refractivity contribution < 1.29 is 4.79 Å². The Kier molecular flexibility index (Phi) is 3.68. The molecule has 0 atom stereocenters. The summed E-state index contributed by atoms with van der Waals surface area (Å²) in [6, 6.07) is 11.0. The minimum atomic E-state index is 0.0956. The van der Waals surface area contributed by atoms with Gasteiger partial charge in [-0.3, -0.25) is 0 Å². The van der Waals surface area contributed by atoms with E-state index in [0.717, 1.165) is 32.4 Å². The number of urea groups is 1. The number of hydrogen-bond acceptors (Lipinski definition) is 1. The molecule has 2 aliphatic rings. The number of benzene rings is 1. The van der Waals surface area contributed by atoms with Crippen LogP contribution in [0.4, 0.5) is 4.79 Å². The Morgan fingerprint density at radius 2 is 1.95 bits per heavy atom. The first-order valence-electron chi connectivity index (χ1n) is 7.85. The molecule has 3 heteroatoms. The van der Waals surface area contributed by atoms with E-state index < -0.39 is 0 Å². The van der Waals surface area contributed by atoms with Crippen molar-refractivity contribution in [1.82, 2.24) is 10.2 Å². The summed E-state index contributed by atoms with van der Waals surface area (Å²) in [5.74, 6) is 0.668. The van der Waals surface area contributed by atoms with Gasteiger partial charge in [0.2, 0.25) is 0 Å². The lowest BCUT2D eigenvalue weighted by Crippen LogP contribution is -2.49. The number of rotatable bonds is 3. The van der Waals surface area contributed by atoms with Crippen LogP contribution in [0.25, 0.3) is 0 Å². The zero-order valence-corrected chi connectivity index (χ0v) is 12.3. The van der Waals surface area contributed by atoms with Crippen LogP contribution in [-0.2, 0) is 0 Å². The predicted octanol–water partition coefficient (Wildman–Crippen LogP) is 3.52. The topological polar surface area (TPSA) is 32.3 Å². The smallest absolute Gasteiger partial charge is 0.318 e. The highest BCUT2D eigenvalue weighted by Crippen LogP contribution is 2.42. The molecular weight excluding hydrogens is 248 g/mol.